The van der Waals surface area contributed by atoms with Crippen LogP contribution in [-0.2, 0) is 6.54 Å². The van der Waals surface area contributed by atoms with Gasteiger partial charge >= 0.3 is 0 Å². The molecule has 0 aliphatic rings. The molecule has 3 aromatic rings. The van der Waals surface area contributed by atoms with Gasteiger partial charge in [0.2, 0.25) is 0 Å². The van der Waals surface area contributed by atoms with Gasteiger partial charge < -0.3 is 9.84 Å². The Morgan fingerprint density at radius 2 is 2.33 bits per heavy atom. The highest BCUT2D eigenvalue weighted by molar-refractivity contribution is 7.08. The van der Waals surface area contributed by atoms with Crippen molar-refractivity contribution in [1.82, 2.24) is 15.5 Å². The maximum absolute atomic E-state index is 12.1. The first-order valence-corrected chi connectivity index (χ1v) is 7.36. The second-order valence-corrected chi connectivity index (χ2v) is 5.28. The third kappa shape index (κ3) is 2.85. The van der Waals surface area contributed by atoms with Gasteiger partial charge in [0.25, 0.3) is 5.91 Å². The largest absolute Gasteiger partial charge is 0.361 e. The van der Waals surface area contributed by atoms with Crippen LogP contribution in [0.3, 0.4) is 0 Å². The first-order chi connectivity index (χ1) is 10.3. The Hall–Kier alpha value is -2.47. The van der Waals surface area contributed by atoms with Gasteiger partial charge in [-0.3, -0.25) is 9.78 Å². The molecule has 3 aromatic heterocycles. The summed E-state index contributed by atoms with van der Waals surface area (Å²) in [5.74, 6) is 0.311. The number of aromatic nitrogens is 2. The first kappa shape index (κ1) is 13.5. The minimum absolute atomic E-state index is 0.200. The predicted molar refractivity (Wildman–Crippen MR) is 80.0 cm³/mol. The summed E-state index contributed by atoms with van der Waals surface area (Å²) < 4.78 is 4.90. The molecule has 6 heteroatoms. The molecular weight excluding hydrogens is 286 g/mol. The van der Waals surface area contributed by atoms with Crippen LogP contribution in [0.25, 0.3) is 11.3 Å². The molecular formula is C15H13N3O2S. The number of carbonyl (C=O) groups excluding carboxylic acids is 1. The van der Waals surface area contributed by atoms with Crippen molar-refractivity contribution in [2.24, 2.45) is 0 Å². The van der Waals surface area contributed by atoms with E-state index in [-0.39, 0.29) is 5.91 Å². The first-order valence-electron chi connectivity index (χ1n) is 6.41. The highest BCUT2D eigenvalue weighted by Gasteiger charge is 2.13. The minimum atomic E-state index is -0.200. The molecule has 106 valence electrons. The summed E-state index contributed by atoms with van der Waals surface area (Å²) in [6, 6.07) is 5.84. The van der Waals surface area contributed by atoms with E-state index in [2.05, 4.69) is 15.5 Å². The van der Waals surface area contributed by atoms with Crippen LogP contribution in [-0.4, -0.2) is 16.0 Å². The number of amides is 1. The predicted octanol–water partition coefficient (Wildman–Crippen LogP) is 3.04. The Bertz CT molecular complexity index is 750. The quantitative estimate of drug-likeness (QED) is 0.804. The van der Waals surface area contributed by atoms with Crippen molar-refractivity contribution in [3.8, 4) is 11.3 Å². The fourth-order valence-electron chi connectivity index (χ4n) is 2.03. The lowest BCUT2D eigenvalue weighted by atomic mass is 10.1. The zero-order valence-corrected chi connectivity index (χ0v) is 12.2. The summed E-state index contributed by atoms with van der Waals surface area (Å²) in [6.07, 6.45) is 3.18. The van der Waals surface area contributed by atoms with E-state index in [1.54, 1.807) is 24.5 Å². The van der Waals surface area contributed by atoms with Crippen LogP contribution >= 0.6 is 11.3 Å². The van der Waals surface area contributed by atoms with Gasteiger partial charge in [-0.25, -0.2) is 0 Å². The Balaban J connectivity index is 1.77. The van der Waals surface area contributed by atoms with Gasteiger partial charge in [0, 0.05) is 23.7 Å². The van der Waals surface area contributed by atoms with Crippen molar-refractivity contribution in [3.63, 3.8) is 0 Å². The molecule has 3 heterocycles. The topological polar surface area (TPSA) is 68.0 Å². The summed E-state index contributed by atoms with van der Waals surface area (Å²) >= 11 is 1.62. The number of hydrogen-bond acceptors (Lipinski definition) is 5. The number of nitrogens with one attached hydrogen (secondary N) is 1. The molecule has 0 bridgehead atoms. The lowest BCUT2D eigenvalue weighted by Crippen LogP contribution is -2.23. The number of aryl methyl sites for hydroxylation is 1. The van der Waals surface area contributed by atoms with Gasteiger partial charge in [-0.05, 0) is 30.0 Å². The Morgan fingerprint density at radius 1 is 1.43 bits per heavy atom. The van der Waals surface area contributed by atoms with Crippen LogP contribution in [0.1, 0.15) is 21.7 Å². The molecule has 0 radical (unpaired) electrons. The molecule has 0 saturated carbocycles. The minimum Gasteiger partial charge on any atom is -0.361 e. The van der Waals surface area contributed by atoms with E-state index in [4.69, 9.17) is 4.52 Å². The van der Waals surface area contributed by atoms with Crippen LogP contribution in [0.2, 0.25) is 0 Å². The van der Waals surface area contributed by atoms with E-state index >= 15 is 0 Å². The Kier molecular flexibility index (Phi) is 3.79. The summed E-state index contributed by atoms with van der Waals surface area (Å²) in [5, 5.41) is 10.5. The monoisotopic (exact) mass is 299 g/mol. The Labute approximate surface area is 125 Å². The normalized spacial score (nSPS) is 10.5. The van der Waals surface area contributed by atoms with Gasteiger partial charge in [0.1, 0.15) is 11.3 Å². The van der Waals surface area contributed by atoms with Crippen LogP contribution in [0.4, 0.5) is 0 Å². The zero-order chi connectivity index (χ0) is 14.7. The molecule has 0 aliphatic heterocycles. The molecule has 3 rings (SSSR count). The van der Waals surface area contributed by atoms with Crippen LogP contribution in [0, 0.1) is 6.92 Å². The van der Waals surface area contributed by atoms with Gasteiger partial charge in [-0.1, -0.05) is 11.2 Å². The van der Waals surface area contributed by atoms with Crippen molar-refractivity contribution in [2.75, 3.05) is 0 Å². The molecule has 0 fully saturated rings. The molecule has 0 unspecified atom stereocenters. The van der Waals surface area contributed by atoms with Crippen molar-refractivity contribution >= 4 is 17.2 Å². The molecule has 1 amide bonds. The number of thiophene rings is 1. The highest BCUT2D eigenvalue weighted by atomic mass is 32.1. The van der Waals surface area contributed by atoms with Gasteiger partial charge in [0.15, 0.2) is 0 Å². The van der Waals surface area contributed by atoms with E-state index in [9.17, 15) is 4.79 Å². The fourth-order valence-corrected chi connectivity index (χ4v) is 2.67. The van der Waals surface area contributed by atoms with Gasteiger partial charge in [0.05, 0.1) is 11.9 Å². The van der Waals surface area contributed by atoms with Crippen LogP contribution in [0.5, 0.6) is 0 Å². The maximum Gasteiger partial charge on any atom is 0.256 e. The lowest BCUT2D eigenvalue weighted by Gasteiger charge is -2.08. The standard InChI is InChI=1S/C15H13N3O2S/c1-10-13(8-18-20-10)15(19)17-7-11-3-2-5-16-14(11)12-4-6-21-9-12/h2-6,8-9H,7H2,1H3,(H,17,19). The van der Waals surface area contributed by atoms with E-state index < -0.39 is 0 Å². The van der Waals surface area contributed by atoms with Gasteiger partial charge in [-0.15, -0.1) is 0 Å². The molecule has 0 aromatic carbocycles. The Morgan fingerprint density at radius 3 is 3.05 bits per heavy atom. The summed E-state index contributed by atoms with van der Waals surface area (Å²) in [5.41, 5.74) is 3.38. The summed E-state index contributed by atoms with van der Waals surface area (Å²) in [7, 11) is 0. The SMILES string of the molecule is Cc1oncc1C(=O)NCc1cccnc1-c1ccsc1. The second-order valence-electron chi connectivity index (χ2n) is 4.50. The summed E-state index contributed by atoms with van der Waals surface area (Å²) in [4.78, 5) is 16.5. The zero-order valence-electron chi connectivity index (χ0n) is 11.4. The summed E-state index contributed by atoms with van der Waals surface area (Å²) in [6.45, 7) is 2.12. The molecule has 0 spiro atoms. The molecule has 21 heavy (non-hydrogen) atoms. The number of rotatable bonds is 4. The molecule has 0 saturated heterocycles. The average molecular weight is 299 g/mol. The number of pyridine rings is 1. The third-order valence-corrected chi connectivity index (χ3v) is 3.80. The van der Waals surface area contributed by atoms with Gasteiger partial charge in [-0.2, -0.15) is 11.3 Å². The van der Waals surface area contributed by atoms with E-state index in [1.807, 2.05) is 29.0 Å². The maximum atomic E-state index is 12.1. The van der Waals surface area contributed by atoms with Crippen LogP contribution < -0.4 is 5.32 Å². The molecule has 0 atom stereocenters. The highest BCUT2D eigenvalue weighted by Crippen LogP contribution is 2.23. The number of nitrogens with zero attached hydrogens (tertiary/aromatic N) is 2. The fraction of sp³-hybridized carbons (Fsp3) is 0.133. The van der Waals surface area contributed by atoms with E-state index in [1.165, 1.54) is 6.20 Å². The van der Waals surface area contributed by atoms with Crippen LogP contribution in [0.15, 0.2) is 45.9 Å². The number of carbonyl (C=O) groups is 1. The molecule has 0 aliphatic carbocycles. The van der Waals surface area contributed by atoms with Crippen molar-refractivity contribution < 1.29 is 9.32 Å². The van der Waals surface area contributed by atoms with E-state index in [0.717, 1.165) is 16.8 Å². The molecule has 5 nitrogen and oxygen atoms in total. The average Bonchev–Trinajstić information content (AvgIpc) is 3.16. The third-order valence-electron chi connectivity index (χ3n) is 3.12. The van der Waals surface area contributed by atoms with Crippen molar-refractivity contribution in [2.45, 2.75) is 13.5 Å². The van der Waals surface area contributed by atoms with Crippen molar-refractivity contribution in [3.05, 3.63) is 58.2 Å². The lowest BCUT2D eigenvalue weighted by molar-refractivity contribution is 0.0949. The smallest absolute Gasteiger partial charge is 0.256 e. The second kappa shape index (κ2) is 5.88. The molecule has 1 N–H and O–H groups in total. The van der Waals surface area contributed by atoms with Crippen molar-refractivity contribution in [1.29, 1.82) is 0 Å². The van der Waals surface area contributed by atoms with E-state index in [0.29, 0.717) is 17.9 Å². The number of hydrogen-bond donors (Lipinski definition) is 1.